The van der Waals surface area contributed by atoms with Gasteiger partial charge in [0.25, 0.3) is 0 Å². The van der Waals surface area contributed by atoms with Crippen molar-refractivity contribution >= 4 is 206 Å². The number of aromatic nitrogens is 4. The summed E-state index contributed by atoms with van der Waals surface area (Å²) in [5.41, 5.74) is 25.3. The molecule has 0 amide bonds. The Morgan fingerprint density at radius 3 is 1.38 bits per heavy atom. The van der Waals surface area contributed by atoms with Crippen molar-refractivity contribution in [3.05, 3.63) is 413 Å². The van der Waals surface area contributed by atoms with E-state index in [2.05, 4.69) is 377 Å². The van der Waals surface area contributed by atoms with E-state index in [0.29, 0.717) is 0 Å². The number of furan rings is 4. The van der Waals surface area contributed by atoms with E-state index in [1.165, 1.54) is 151 Å². The smallest absolute Gasteiger partial charge is 0.147 e. The van der Waals surface area contributed by atoms with E-state index in [-0.39, 0.29) is 0 Å². The molecule has 0 aliphatic rings. The van der Waals surface area contributed by atoms with Crippen LogP contribution in [0.3, 0.4) is 0 Å². The van der Waals surface area contributed by atoms with Crippen molar-refractivity contribution in [3.8, 4) is 61.6 Å². The normalized spacial score (nSPS) is 12.0. The molecule has 0 unspecified atom stereocenters. The maximum atomic E-state index is 6.50. The van der Waals surface area contributed by atoms with Gasteiger partial charge in [0.1, 0.15) is 33.5 Å². The molecule has 0 radical (unpaired) electrons. The lowest BCUT2D eigenvalue weighted by Gasteiger charge is -2.13. The predicted molar refractivity (Wildman–Crippen MR) is 519 cm³/mol. The molecule has 9 heterocycles. The number of fused-ring (bicyclic) bond motifs is 30. The van der Waals surface area contributed by atoms with Crippen LogP contribution in [0.1, 0.15) is 0 Å². The molecule has 0 atom stereocenters. The maximum absolute atomic E-state index is 6.50. The van der Waals surface area contributed by atoms with Crippen LogP contribution in [-0.4, -0.2) is 18.7 Å². The first-order valence-electron chi connectivity index (χ1n) is 42.0. The molecule has 0 aliphatic heterocycles. The zero-order valence-electron chi connectivity index (χ0n) is 66.6. The Kier molecular flexibility index (Phi) is 15.5. The molecular formula is C115H68N4O4S. The van der Waals surface area contributed by atoms with Crippen molar-refractivity contribution in [3.63, 3.8) is 0 Å². The third-order valence-electron chi connectivity index (χ3n) is 25.6. The van der Waals surface area contributed by atoms with Crippen LogP contribution in [0.25, 0.3) is 256 Å². The summed E-state index contributed by atoms with van der Waals surface area (Å²) in [4.78, 5) is 4.29. The van der Waals surface area contributed by atoms with Gasteiger partial charge in [0.05, 0.1) is 51.0 Å². The number of hydrogen-bond donors (Lipinski definition) is 0. The maximum Gasteiger partial charge on any atom is 0.147 e. The van der Waals surface area contributed by atoms with Gasteiger partial charge in [0.15, 0.2) is 0 Å². The Hall–Kier alpha value is -16.3. The summed E-state index contributed by atoms with van der Waals surface area (Å²) in [6, 6.07) is 139. The zero-order valence-corrected chi connectivity index (χ0v) is 67.4. The van der Waals surface area contributed by atoms with Crippen molar-refractivity contribution in [1.82, 2.24) is 18.7 Å². The minimum atomic E-state index is 0.861. The Bertz CT molecular complexity index is 9240. The van der Waals surface area contributed by atoms with E-state index in [0.717, 1.165) is 105 Å². The molecule has 0 fully saturated rings. The van der Waals surface area contributed by atoms with Gasteiger partial charge >= 0.3 is 0 Å². The third kappa shape index (κ3) is 10.7. The highest BCUT2D eigenvalue weighted by Gasteiger charge is 2.26. The molecule has 0 aliphatic carbocycles. The second-order valence-corrected chi connectivity index (χ2v) is 33.3. The molecule has 28 aromatic rings. The Labute approximate surface area is 712 Å². The minimum Gasteiger partial charge on any atom is -0.464 e. The van der Waals surface area contributed by atoms with Crippen LogP contribution in [0.15, 0.2) is 431 Å². The summed E-state index contributed by atoms with van der Waals surface area (Å²) in [6.07, 6.45) is 7.31. The second-order valence-electron chi connectivity index (χ2n) is 32.3. The molecule has 28 rings (SSSR count). The minimum absolute atomic E-state index is 0.861. The van der Waals surface area contributed by atoms with Gasteiger partial charge in [-0.3, -0.25) is 4.98 Å². The van der Waals surface area contributed by atoms with Gasteiger partial charge in [0, 0.05) is 125 Å². The summed E-state index contributed by atoms with van der Waals surface area (Å²) < 4.78 is 34.9. The van der Waals surface area contributed by atoms with Crippen LogP contribution < -0.4 is 0 Å². The summed E-state index contributed by atoms with van der Waals surface area (Å²) in [6.45, 7) is 0. The average molecular weight is 1600 g/mol. The van der Waals surface area contributed by atoms with Crippen molar-refractivity contribution in [2.24, 2.45) is 0 Å². The molecular weight excluding hydrogens is 1530 g/mol. The first-order valence-corrected chi connectivity index (χ1v) is 42.8. The van der Waals surface area contributed by atoms with Crippen molar-refractivity contribution < 1.29 is 17.7 Å². The van der Waals surface area contributed by atoms with Gasteiger partial charge in [0.2, 0.25) is 0 Å². The molecule has 0 N–H and O–H groups in total. The van der Waals surface area contributed by atoms with E-state index in [9.17, 15) is 0 Å². The first-order chi connectivity index (χ1) is 61.5. The molecule has 578 valence electrons. The lowest BCUT2D eigenvalue weighted by molar-refractivity contribution is 0.616. The van der Waals surface area contributed by atoms with Gasteiger partial charge in [-0.25, -0.2) is 0 Å². The SMILES string of the molecule is c1ccc(-n2c3ccccc3c3cc(-c4cc5ccoc5c5c4ccc4c6ccccc6oc45)ccc32)cc1.c1ccc(-n2c3ccccc3c3cc(-c4cc5occc5c5c4ccc4c6ccccc6n(-c6ccccc6)c45)ccc32)cc1.c1cncc(-c2ccc(-c3cc4oc5ccccc5c4c4c3ccc3c5cc6ccccc6cc5sc34)cc2)c1. The van der Waals surface area contributed by atoms with Gasteiger partial charge < -0.3 is 31.4 Å². The number of pyridine rings is 1. The zero-order chi connectivity index (χ0) is 81.2. The Balaban J connectivity index is 0.0000000998. The van der Waals surface area contributed by atoms with E-state index < -0.39 is 0 Å². The van der Waals surface area contributed by atoms with Crippen LogP contribution in [-0.2, 0) is 0 Å². The van der Waals surface area contributed by atoms with Crippen LogP contribution >= 0.6 is 11.3 Å². The van der Waals surface area contributed by atoms with Gasteiger partial charge in [-0.05, 0) is 217 Å². The van der Waals surface area contributed by atoms with Gasteiger partial charge in [-0.2, -0.15) is 0 Å². The molecule has 9 aromatic heterocycles. The number of para-hydroxylation sites is 8. The van der Waals surface area contributed by atoms with E-state index in [4.69, 9.17) is 17.7 Å². The topological polar surface area (TPSA) is 80.2 Å². The molecule has 8 nitrogen and oxygen atoms in total. The molecule has 0 saturated heterocycles. The van der Waals surface area contributed by atoms with Crippen LogP contribution in [0, 0.1) is 0 Å². The quantitative estimate of drug-likeness (QED) is 0.159. The number of benzene rings is 19. The summed E-state index contributed by atoms with van der Waals surface area (Å²) >= 11 is 1.89. The molecule has 9 heteroatoms. The average Bonchev–Trinajstić information content (AvgIpc) is 1.52. The lowest BCUT2D eigenvalue weighted by Crippen LogP contribution is -1.95. The standard InChI is InChI=1S/C42H26N2O.C37H21NOS.C36H21NO2/c1-3-11-28(12-4-1)43-37-17-9-8-16-31(37)36-25-27(19-22-39(36)43)35-26-40-34(23-24-45-40)41-32(35)20-21-33-30-15-7-10-18-38(30)44(42(33)41)29-13-5-2-6-14-29;1-2-7-25-19-34-31(18-24(25)6-1)28-16-15-27-30(23-13-11-22(12-14-23)26-8-5-17-38-21-26)20-33-35(36(27)37(28)40-34)29-9-3-4-10-32(29)39-33;1-2-8-24(9-3-1)37-31-12-6-4-10-25(31)30-20-22(14-17-32(30)37)29-21-23-18-19-38-35(23)34-27(29)15-16-28-26-11-5-7-13-33(26)39-36(28)34/h1-26H;1-21H;1-21H. The predicted octanol–water partition coefficient (Wildman–Crippen LogP) is 32.7. The summed E-state index contributed by atoms with van der Waals surface area (Å²) in [7, 11) is 0. The van der Waals surface area contributed by atoms with E-state index in [1.807, 2.05) is 60.3 Å². The fourth-order valence-electron chi connectivity index (χ4n) is 20.1. The largest absolute Gasteiger partial charge is 0.464 e. The van der Waals surface area contributed by atoms with Crippen molar-refractivity contribution in [2.45, 2.75) is 0 Å². The van der Waals surface area contributed by atoms with Crippen molar-refractivity contribution in [2.75, 3.05) is 0 Å². The number of nitrogens with zero attached hydrogens (tertiary/aromatic N) is 4. The van der Waals surface area contributed by atoms with Crippen LogP contribution in [0.5, 0.6) is 0 Å². The summed E-state index contributed by atoms with van der Waals surface area (Å²) in [5.74, 6) is 0. The third-order valence-corrected chi connectivity index (χ3v) is 26.8. The number of thiophene rings is 1. The molecule has 19 aromatic carbocycles. The second kappa shape index (κ2) is 27.6. The molecule has 0 bridgehead atoms. The highest BCUT2D eigenvalue weighted by atomic mass is 32.1. The number of rotatable bonds is 7. The fourth-order valence-corrected chi connectivity index (χ4v) is 21.4. The molecule has 124 heavy (non-hydrogen) atoms. The van der Waals surface area contributed by atoms with Crippen LogP contribution in [0.2, 0.25) is 0 Å². The lowest BCUT2D eigenvalue weighted by atomic mass is 9.92. The van der Waals surface area contributed by atoms with E-state index in [1.54, 1.807) is 6.26 Å². The fraction of sp³-hybridized carbons (Fsp3) is 0. The first kappa shape index (κ1) is 69.6. The Morgan fingerprint density at radius 1 is 0.234 bits per heavy atom. The van der Waals surface area contributed by atoms with Crippen molar-refractivity contribution in [1.29, 1.82) is 0 Å². The highest BCUT2D eigenvalue weighted by Crippen LogP contribution is 2.51. The molecule has 0 spiro atoms. The van der Waals surface area contributed by atoms with Crippen LogP contribution in [0.4, 0.5) is 0 Å². The Morgan fingerprint density at radius 2 is 0.718 bits per heavy atom. The summed E-state index contributed by atoms with van der Waals surface area (Å²) in [5, 5.41) is 26.5. The van der Waals surface area contributed by atoms with Gasteiger partial charge in [-0.15, -0.1) is 11.3 Å². The number of hydrogen-bond acceptors (Lipinski definition) is 6. The van der Waals surface area contributed by atoms with E-state index >= 15 is 0 Å². The highest BCUT2D eigenvalue weighted by molar-refractivity contribution is 7.27. The monoisotopic (exact) mass is 1600 g/mol. The van der Waals surface area contributed by atoms with Gasteiger partial charge in [-0.1, -0.05) is 243 Å². The molecule has 0 saturated carbocycles.